The Labute approximate surface area is 85.1 Å². The van der Waals surface area contributed by atoms with E-state index in [2.05, 4.69) is 0 Å². The largest absolute Gasteiger partial charge is 0.507 e. The third-order valence-electron chi connectivity index (χ3n) is 1.73. The van der Waals surface area contributed by atoms with Crippen LogP contribution in [-0.2, 0) is 0 Å². The van der Waals surface area contributed by atoms with Crippen LogP contribution in [0.3, 0.4) is 0 Å². The van der Waals surface area contributed by atoms with Crippen LogP contribution in [-0.4, -0.2) is 16.2 Å². The second kappa shape index (κ2) is 3.07. The van der Waals surface area contributed by atoms with Crippen molar-refractivity contribution < 1.29 is 15.0 Å². The van der Waals surface area contributed by atoms with Crippen LogP contribution >= 0.6 is 20.7 Å². The molecule has 72 valence electrons. The highest BCUT2D eigenvalue weighted by Gasteiger charge is 2.17. The van der Waals surface area contributed by atoms with Gasteiger partial charge < -0.3 is 10.2 Å². The first kappa shape index (κ1) is 9.17. The summed E-state index contributed by atoms with van der Waals surface area (Å²) in [5, 5.41) is 18.2. The van der Waals surface area contributed by atoms with Crippen LogP contribution in [0.5, 0.6) is 5.75 Å². The first-order chi connectivity index (χ1) is 6.61. The van der Waals surface area contributed by atoms with Gasteiger partial charge in [-0.2, -0.15) is 0 Å². The quantitative estimate of drug-likeness (QED) is 0.729. The molecule has 0 aliphatic carbocycles. The van der Waals surface area contributed by atoms with Crippen molar-refractivity contribution in [3.05, 3.63) is 27.9 Å². The number of hydrogen-bond donors (Lipinski definition) is 2. The third kappa shape index (κ3) is 1.19. The van der Waals surface area contributed by atoms with Gasteiger partial charge in [0.25, 0.3) is 0 Å². The second-order valence-electron chi connectivity index (χ2n) is 2.59. The summed E-state index contributed by atoms with van der Waals surface area (Å²) in [6.45, 7) is 0. The molecule has 0 fully saturated rings. The maximum absolute atomic E-state index is 11.3. The summed E-state index contributed by atoms with van der Waals surface area (Å²) in [5.74, 6) is -1.59. The number of aromatic carboxylic acids is 1. The van der Waals surface area contributed by atoms with E-state index in [0.29, 0.717) is 9.40 Å². The molecule has 1 aromatic carbocycles. The lowest BCUT2D eigenvalue weighted by Gasteiger charge is -1.98. The van der Waals surface area contributed by atoms with Crippen LogP contribution in [0.15, 0.2) is 16.9 Å². The minimum Gasteiger partial charge on any atom is -0.507 e. The van der Waals surface area contributed by atoms with Crippen LogP contribution in [0.2, 0.25) is 0 Å². The summed E-state index contributed by atoms with van der Waals surface area (Å²) in [6.07, 6.45) is 0. The van der Waals surface area contributed by atoms with E-state index >= 15 is 0 Å². The van der Waals surface area contributed by atoms with E-state index in [1.165, 1.54) is 26.7 Å². The fourth-order valence-corrected chi connectivity index (χ4v) is 3.19. The molecule has 0 spiro atoms. The van der Waals surface area contributed by atoms with Gasteiger partial charge in [-0.15, -0.1) is 0 Å². The van der Waals surface area contributed by atoms with Gasteiger partial charge in [-0.1, -0.05) is 20.7 Å². The monoisotopic (exact) mass is 228 g/mol. The predicted octanol–water partition coefficient (Wildman–Crippen LogP) is 1.73. The molecule has 2 rings (SSSR count). The molecule has 0 saturated carbocycles. The van der Waals surface area contributed by atoms with Crippen molar-refractivity contribution >= 4 is 36.1 Å². The van der Waals surface area contributed by atoms with Crippen molar-refractivity contribution in [3.63, 3.8) is 0 Å². The van der Waals surface area contributed by atoms with E-state index in [9.17, 15) is 14.7 Å². The van der Waals surface area contributed by atoms with E-state index in [1.54, 1.807) is 0 Å². The van der Waals surface area contributed by atoms with E-state index in [1.807, 2.05) is 0 Å². The molecule has 1 aromatic heterocycles. The van der Waals surface area contributed by atoms with E-state index in [-0.39, 0.29) is 16.7 Å². The molecule has 6 heteroatoms. The molecule has 2 aromatic rings. The molecule has 0 atom stereocenters. The molecule has 0 bridgehead atoms. The molecule has 4 nitrogen and oxygen atoms in total. The number of aromatic hydroxyl groups is 1. The maximum atomic E-state index is 11.3. The lowest BCUT2D eigenvalue weighted by atomic mass is 10.2. The molecule has 0 amide bonds. The molecule has 0 aliphatic heterocycles. The van der Waals surface area contributed by atoms with Gasteiger partial charge in [0, 0.05) is 0 Å². The van der Waals surface area contributed by atoms with Crippen molar-refractivity contribution in [1.82, 2.24) is 0 Å². The maximum Gasteiger partial charge on any atom is 0.341 e. The van der Waals surface area contributed by atoms with Crippen molar-refractivity contribution in [2.45, 2.75) is 0 Å². The van der Waals surface area contributed by atoms with Crippen molar-refractivity contribution in [3.8, 4) is 5.75 Å². The van der Waals surface area contributed by atoms with Crippen molar-refractivity contribution in [2.75, 3.05) is 0 Å². The molecule has 0 radical (unpaired) electrons. The van der Waals surface area contributed by atoms with Crippen LogP contribution in [0, 0.1) is 0 Å². The summed E-state index contributed by atoms with van der Waals surface area (Å²) in [5.41, 5.74) is -0.447. The van der Waals surface area contributed by atoms with Gasteiger partial charge in [-0.3, -0.25) is 4.79 Å². The van der Waals surface area contributed by atoms with Gasteiger partial charge in [0.05, 0.1) is 4.70 Å². The fraction of sp³-hybridized carbons (Fsp3) is 0. The number of rotatable bonds is 1. The van der Waals surface area contributed by atoms with Crippen LogP contribution in [0.1, 0.15) is 10.4 Å². The molecule has 1 heterocycles. The Kier molecular flexibility index (Phi) is 2.01. The summed E-state index contributed by atoms with van der Waals surface area (Å²) in [4.78, 5) is 22.1. The molecule has 0 aliphatic rings. The van der Waals surface area contributed by atoms with Crippen molar-refractivity contribution in [2.24, 2.45) is 0 Å². The molecule has 0 saturated heterocycles. The lowest BCUT2D eigenvalue weighted by molar-refractivity contribution is 0.0696. The zero-order valence-electron chi connectivity index (χ0n) is 6.68. The van der Waals surface area contributed by atoms with Crippen LogP contribution in [0.4, 0.5) is 0 Å². The molecular weight excluding hydrogens is 224 g/mol. The molecule has 2 N–H and O–H groups in total. The molecular formula is C8H4O4S2. The third-order valence-corrected chi connectivity index (χ3v) is 4.34. The SMILES string of the molecule is O=C(O)c1c(O)ccc(=O)c2ssc12. The van der Waals surface area contributed by atoms with Gasteiger partial charge in [0.1, 0.15) is 16.0 Å². The number of carboxylic acids is 1. The van der Waals surface area contributed by atoms with E-state index in [4.69, 9.17) is 5.11 Å². The Hall–Kier alpha value is -1.40. The Balaban J connectivity index is 2.97. The number of carboxylic acid groups (broad SMARTS) is 1. The highest BCUT2D eigenvalue weighted by Crippen LogP contribution is 2.34. The topological polar surface area (TPSA) is 74.6 Å². The van der Waals surface area contributed by atoms with Gasteiger partial charge in [-0.05, 0) is 12.1 Å². The van der Waals surface area contributed by atoms with E-state index in [0.717, 1.165) is 6.07 Å². The summed E-state index contributed by atoms with van der Waals surface area (Å²) < 4.78 is 0.753. The Morgan fingerprint density at radius 1 is 1.21 bits per heavy atom. The average molecular weight is 228 g/mol. The predicted molar refractivity (Wildman–Crippen MR) is 54.6 cm³/mol. The minimum absolute atomic E-state index is 0.189. The normalized spacial score (nSPS) is 10.6. The minimum atomic E-state index is -1.22. The Bertz CT molecular complexity index is 566. The highest BCUT2D eigenvalue weighted by molar-refractivity contribution is 7.78. The number of fused-ring (bicyclic) bond motifs is 1. The van der Waals surface area contributed by atoms with Crippen molar-refractivity contribution in [1.29, 1.82) is 0 Å². The van der Waals surface area contributed by atoms with E-state index < -0.39 is 5.97 Å². The first-order valence-corrected chi connectivity index (χ1v) is 5.74. The number of carbonyl (C=O) groups is 1. The Morgan fingerprint density at radius 2 is 1.86 bits per heavy atom. The van der Waals surface area contributed by atoms with Gasteiger partial charge in [-0.25, -0.2) is 4.79 Å². The Morgan fingerprint density at radius 3 is 2.36 bits per heavy atom. The molecule has 14 heavy (non-hydrogen) atoms. The number of hydrogen-bond acceptors (Lipinski definition) is 5. The summed E-state index contributed by atoms with van der Waals surface area (Å²) >= 11 is 0. The van der Waals surface area contributed by atoms with Gasteiger partial charge >= 0.3 is 5.97 Å². The summed E-state index contributed by atoms with van der Waals surface area (Å²) in [7, 11) is 2.40. The standard InChI is InChI=1S/C8H4O4S2/c9-3-1-2-4(10)6-7(14-13-6)5(3)8(11)12/h1-2,9H,(H,11,12). The first-order valence-electron chi connectivity index (χ1n) is 3.59. The van der Waals surface area contributed by atoms with Gasteiger partial charge in [0.15, 0.2) is 5.43 Å². The molecule has 0 unspecified atom stereocenters. The lowest BCUT2D eigenvalue weighted by Crippen LogP contribution is -1.98. The highest BCUT2D eigenvalue weighted by atomic mass is 32.9. The zero-order valence-corrected chi connectivity index (χ0v) is 8.32. The summed E-state index contributed by atoms with van der Waals surface area (Å²) in [6, 6.07) is 2.29. The fourth-order valence-electron chi connectivity index (χ4n) is 1.07. The average Bonchev–Trinajstić information content (AvgIpc) is 2.13. The van der Waals surface area contributed by atoms with Gasteiger partial charge in [0.2, 0.25) is 0 Å². The van der Waals surface area contributed by atoms with Crippen LogP contribution in [0.25, 0.3) is 9.40 Å². The second-order valence-corrected chi connectivity index (χ2v) is 4.74. The van der Waals surface area contributed by atoms with Crippen LogP contribution < -0.4 is 5.43 Å². The zero-order chi connectivity index (χ0) is 10.3. The smallest absolute Gasteiger partial charge is 0.341 e.